The largest absolute Gasteiger partial charge is 0.455 e. The molecule has 9 nitrogen and oxygen atoms in total. The number of nitrogens with one attached hydrogen (secondary N) is 2. The number of fused-ring (bicyclic) bond motifs is 2. The van der Waals surface area contributed by atoms with Gasteiger partial charge in [-0.2, -0.15) is 13.8 Å². The standard InChI is InChI=1S/C22H17ClF2N4O5/c23-14-8-9-18-16(11-14)29(12-13-5-1-2-7-17(13)33-18)34-21(32)28-27-20(31)22(24,25)19(30)15-6-3-4-10-26-15/h1-4,6-12,19,30H,5H2,(H,27,31)(H,28,32). The Morgan fingerprint density at radius 3 is 2.85 bits per heavy atom. The first-order chi connectivity index (χ1) is 16.3. The number of aromatic nitrogens is 1. The lowest BCUT2D eigenvalue weighted by molar-refractivity contribution is -0.165. The molecule has 1 aromatic heterocycles. The summed E-state index contributed by atoms with van der Waals surface area (Å²) in [6, 6.07) is 8.60. The van der Waals surface area contributed by atoms with Gasteiger partial charge >= 0.3 is 17.9 Å². The van der Waals surface area contributed by atoms with Gasteiger partial charge in [-0.05, 0) is 42.8 Å². The Morgan fingerprint density at radius 1 is 1.26 bits per heavy atom. The number of rotatable bonds is 4. The Bertz CT molecular complexity index is 1200. The average molecular weight is 491 g/mol. The summed E-state index contributed by atoms with van der Waals surface area (Å²) in [5.41, 5.74) is 3.78. The van der Waals surface area contributed by atoms with Gasteiger partial charge in [0, 0.05) is 16.8 Å². The van der Waals surface area contributed by atoms with Gasteiger partial charge in [0.05, 0.1) is 11.9 Å². The summed E-state index contributed by atoms with van der Waals surface area (Å²) < 4.78 is 34.5. The molecule has 2 aliphatic rings. The first-order valence-electron chi connectivity index (χ1n) is 9.85. The van der Waals surface area contributed by atoms with Crippen LogP contribution in [0.15, 0.2) is 78.4 Å². The van der Waals surface area contributed by atoms with Crippen molar-refractivity contribution in [3.63, 3.8) is 0 Å². The number of ether oxygens (including phenoxy) is 1. The molecule has 1 aliphatic heterocycles. The molecule has 2 amide bonds. The van der Waals surface area contributed by atoms with Crippen LogP contribution in [0.25, 0.3) is 0 Å². The smallest absolute Gasteiger partial charge is 0.450 e. The molecule has 176 valence electrons. The van der Waals surface area contributed by atoms with Crippen LogP contribution in [-0.2, 0) is 9.63 Å². The normalized spacial score (nSPS) is 15.5. The molecule has 4 rings (SSSR count). The molecule has 3 N–H and O–H groups in total. The van der Waals surface area contributed by atoms with E-state index in [1.54, 1.807) is 35.1 Å². The number of allylic oxidation sites excluding steroid dienone is 4. The number of hydrogen-bond donors (Lipinski definition) is 3. The fraction of sp³-hybridized carbons (Fsp3) is 0.136. The van der Waals surface area contributed by atoms with Gasteiger partial charge in [-0.25, -0.2) is 10.2 Å². The van der Waals surface area contributed by atoms with Crippen LogP contribution < -0.4 is 20.7 Å². The number of alkyl halides is 2. The maximum absolute atomic E-state index is 14.3. The second kappa shape index (κ2) is 9.49. The third-order valence-corrected chi connectivity index (χ3v) is 5.00. The van der Waals surface area contributed by atoms with Crippen LogP contribution in [0.3, 0.4) is 0 Å². The fourth-order valence-electron chi connectivity index (χ4n) is 3.08. The van der Waals surface area contributed by atoms with Crippen molar-refractivity contribution in [2.75, 3.05) is 5.06 Å². The van der Waals surface area contributed by atoms with Crippen molar-refractivity contribution in [1.82, 2.24) is 15.8 Å². The maximum atomic E-state index is 14.3. The fourth-order valence-corrected chi connectivity index (χ4v) is 3.25. The van der Waals surface area contributed by atoms with Crippen LogP contribution in [0.5, 0.6) is 5.75 Å². The maximum Gasteiger partial charge on any atom is 0.450 e. The molecule has 2 aromatic rings. The second-order valence-electron chi connectivity index (χ2n) is 7.10. The van der Waals surface area contributed by atoms with Crippen LogP contribution in [0, 0.1) is 0 Å². The molecule has 0 fully saturated rings. The van der Waals surface area contributed by atoms with E-state index in [2.05, 4.69) is 4.98 Å². The van der Waals surface area contributed by atoms with Crippen molar-refractivity contribution in [3.05, 3.63) is 89.1 Å². The van der Waals surface area contributed by atoms with Crippen molar-refractivity contribution >= 4 is 29.3 Å². The van der Waals surface area contributed by atoms with Crippen LogP contribution >= 0.6 is 11.6 Å². The Kier molecular flexibility index (Phi) is 6.48. The second-order valence-corrected chi connectivity index (χ2v) is 7.53. The molecule has 0 saturated carbocycles. The van der Waals surface area contributed by atoms with Crippen LogP contribution in [0.4, 0.5) is 19.3 Å². The SMILES string of the molecule is O=C(NNC(=O)C(F)(F)C(O)c1ccccn1)ON1C=C2CC=CC=C2Oc2ccc(Cl)cc21. The molecule has 2 heterocycles. The summed E-state index contributed by atoms with van der Waals surface area (Å²) in [6.07, 6.45) is 4.70. The van der Waals surface area contributed by atoms with Gasteiger partial charge in [0.25, 0.3) is 0 Å². The number of benzene rings is 1. The summed E-state index contributed by atoms with van der Waals surface area (Å²) in [7, 11) is 0. The molecule has 0 bridgehead atoms. The monoisotopic (exact) mass is 490 g/mol. The minimum Gasteiger partial charge on any atom is -0.455 e. The lowest BCUT2D eigenvalue weighted by Gasteiger charge is -2.22. The summed E-state index contributed by atoms with van der Waals surface area (Å²) in [5, 5.41) is 11.2. The molecule has 1 aromatic carbocycles. The third-order valence-electron chi connectivity index (χ3n) is 4.76. The van der Waals surface area contributed by atoms with E-state index in [0.29, 0.717) is 28.5 Å². The summed E-state index contributed by atoms with van der Waals surface area (Å²) in [4.78, 5) is 33.1. The van der Waals surface area contributed by atoms with E-state index in [9.17, 15) is 23.5 Å². The van der Waals surface area contributed by atoms with E-state index < -0.39 is 29.7 Å². The Morgan fingerprint density at radius 2 is 2.09 bits per heavy atom. The number of anilines is 1. The topological polar surface area (TPSA) is 113 Å². The van der Waals surface area contributed by atoms with E-state index in [1.165, 1.54) is 30.6 Å². The van der Waals surface area contributed by atoms with Gasteiger partial charge < -0.3 is 14.7 Å². The Balaban J connectivity index is 1.46. The molecule has 1 aliphatic carbocycles. The molecular weight excluding hydrogens is 474 g/mol. The Hall–Kier alpha value is -3.96. The molecule has 1 atom stereocenters. The van der Waals surface area contributed by atoms with Crippen molar-refractivity contribution < 1.29 is 33.1 Å². The Labute approximate surface area is 196 Å². The number of hydrogen-bond acceptors (Lipinski definition) is 7. The van der Waals surface area contributed by atoms with E-state index in [4.69, 9.17) is 21.2 Å². The van der Waals surface area contributed by atoms with Crippen molar-refractivity contribution in [2.24, 2.45) is 0 Å². The molecule has 1 unspecified atom stereocenters. The number of halogens is 3. The number of carbonyl (C=O) groups excluding carboxylic acids is 2. The first kappa shape index (κ1) is 23.2. The number of hydroxylamine groups is 1. The van der Waals surface area contributed by atoms with E-state index in [1.807, 2.05) is 6.08 Å². The summed E-state index contributed by atoms with van der Waals surface area (Å²) in [5.74, 6) is -5.42. The number of nitrogens with zero attached hydrogens (tertiary/aromatic N) is 2. The van der Waals surface area contributed by atoms with Crippen LogP contribution in [0.2, 0.25) is 5.02 Å². The van der Waals surface area contributed by atoms with E-state index >= 15 is 0 Å². The molecule has 0 spiro atoms. The zero-order valence-corrected chi connectivity index (χ0v) is 18.0. The quantitative estimate of drug-likeness (QED) is 0.560. The first-order valence-corrected chi connectivity index (χ1v) is 10.2. The predicted octanol–water partition coefficient (Wildman–Crippen LogP) is 3.70. The van der Waals surface area contributed by atoms with Crippen molar-refractivity contribution in [2.45, 2.75) is 18.4 Å². The number of carbonyl (C=O) groups is 2. The van der Waals surface area contributed by atoms with Crippen LogP contribution in [-0.4, -0.2) is 28.0 Å². The van der Waals surface area contributed by atoms with Gasteiger partial charge in [0.1, 0.15) is 11.4 Å². The number of aliphatic hydroxyl groups is 1. The minimum absolute atomic E-state index is 0.257. The molecule has 0 radical (unpaired) electrons. The highest BCUT2D eigenvalue weighted by Crippen LogP contribution is 2.38. The highest BCUT2D eigenvalue weighted by molar-refractivity contribution is 6.31. The minimum atomic E-state index is -4.30. The highest BCUT2D eigenvalue weighted by atomic mass is 35.5. The predicted molar refractivity (Wildman–Crippen MR) is 116 cm³/mol. The van der Waals surface area contributed by atoms with E-state index in [-0.39, 0.29) is 5.69 Å². The zero-order chi connectivity index (χ0) is 24.3. The highest BCUT2D eigenvalue weighted by Gasteiger charge is 2.48. The van der Waals surface area contributed by atoms with E-state index in [0.717, 1.165) is 11.1 Å². The van der Waals surface area contributed by atoms with Crippen LogP contribution in [0.1, 0.15) is 18.2 Å². The van der Waals surface area contributed by atoms with Crippen molar-refractivity contribution in [1.29, 1.82) is 0 Å². The van der Waals surface area contributed by atoms with Gasteiger partial charge in [0.15, 0.2) is 11.9 Å². The zero-order valence-electron chi connectivity index (χ0n) is 17.2. The number of pyridine rings is 1. The van der Waals surface area contributed by atoms with Gasteiger partial charge in [0.2, 0.25) is 0 Å². The van der Waals surface area contributed by atoms with Gasteiger partial charge in [-0.15, -0.1) is 0 Å². The number of aliphatic hydroxyl groups excluding tert-OH is 1. The average Bonchev–Trinajstić information content (AvgIpc) is 2.98. The lowest BCUT2D eigenvalue weighted by Crippen LogP contribution is -2.52. The molecule has 34 heavy (non-hydrogen) atoms. The molecular formula is C22H17ClF2N4O5. The summed E-state index contributed by atoms with van der Waals surface area (Å²) >= 11 is 6.06. The van der Waals surface area contributed by atoms with Gasteiger partial charge in [-0.3, -0.25) is 15.2 Å². The lowest BCUT2D eigenvalue weighted by atomic mass is 10.1. The number of hydrazine groups is 1. The summed E-state index contributed by atoms with van der Waals surface area (Å²) in [6.45, 7) is 0. The molecule has 12 heteroatoms. The van der Waals surface area contributed by atoms with Gasteiger partial charge in [-0.1, -0.05) is 29.8 Å². The van der Waals surface area contributed by atoms with Crippen molar-refractivity contribution in [3.8, 4) is 5.75 Å². The third kappa shape index (κ3) is 4.85. The number of amides is 2. The molecule has 0 saturated heterocycles.